The van der Waals surface area contributed by atoms with Crippen molar-refractivity contribution in [1.82, 2.24) is 0 Å². The Morgan fingerprint density at radius 2 is 1.90 bits per heavy atom. The molecule has 116 valence electrons. The standard InChI is InChI=1S/C16H22BrNO3/c1-20-13-7-6-11(15(21-2)14(13)17)12(19)10-16(18)8-4-3-5-9-16/h6-7H,3-5,8-10,18H2,1-2H3. The van der Waals surface area contributed by atoms with Crippen molar-refractivity contribution in [2.75, 3.05) is 14.2 Å². The highest BCUT2D eigenvalue weighted by Crippen LogP contribution is 2.39. The van der Waals surface area contributed by atoms with Gasteiger partial charge >= 0.3 is 0 Å². The van der Waals surface area contributed by atoms with Crippen molar-refractivity contribution in [3.05, 3.63) is 22.2 Å². The van der Waals surface area contributed by atoms with E-state index in [1.165, 1.54) is 6.42 Å². The molecule has 0 bridgehead atoms. The quantitative estimate of drug-likeness (QED) is 0.818. The van der Waals surface area contributed by atoms with Gasteiger partial charge in [-0.15, -0.1) is 0 Å². The molecular formula is C16H22BrNO3. The lowest BCUT2D eigenvalue weighted by molar-refractivity contribution is 0.0931. The third-order valence-corrected chi connectivity index (χ3v) is 4.90. The topological polar surface area (TPSA) is 61.5 Å². The molecule has 0 aromatic heterocycles. The highest BCUT2D eigenvalue weighted by Gasteiger charge is 2.31. The number of carbonyl (C=O) groups is 1. The summed E-state index contributed by atoms with van der Waals surface area (Å²) in [6.45, 7) is 0. The molecule has 21 heavy (non-hydrogen) atoms. The van der Waals surface area contributed by atoms with E-state index in [2.05, 4.69) is 15.9 Å². The minimum atomic E-state index is -0.368. The van der Waals surface area contributed by atoms with Crippen LogP contribution in [-0.2, 0) is 0 Å². The first-order valence-corrected chi connectivity index (χ1v) is 8.02. The van der Waals surface area contributed by atoms with Crippen LogP contribution in [-0.4, -0.2) is 25.5 Å². The maximum absolute atomic E-state index is 12.6. The molecule has 0 unspecified atom stereocenters. The number of carbonyl (C=O) groups excluding carboxylic acids is 1. The third-order valence-electron chi connectivity index (χ3n) is 4.15. The van der Waals surface area contributed by atoms with E-state index >= 15 is 0 Å². The Balaban J connectivity index is 2.24. The number of Topliss-reactive ketones (excluding diaryl/α,β-unsaturated/α-hetero) is 1. The zero-order valence-electron chi connectivity index (χ0n) is 12.6. The first-order chi connectivity index (χ1) is 10.0. The molecule has 1 fully saturated rings. The summed E-state index contributed by atoms with van der Waals surface area (Å²) in [5, 5.41) is 0. The Hall–Kier alpha value is -1.07. The summed E-state index contributed by atoms with van der Waals surface area (Å²) in [7, 11) is 3.13. The van der Waals surface area contributed by atoms with E-state index in [-0.39, 0.29) is 11.3 Å². The lowest BCUT2D eigenvalue weighted by atomic mass is 9.78. The minimum Gasteiger partial charge on any atom is -0.495 e. The molecule has 5 heteroatoms. The van der Waals surface area contributed by atoms with Gasteiger partial charge in [-0.2, -0.15) is 0 Å². The molecule has 1 aromatic carbocycles. The summed E-state index contributed by atoms with van der Waals surface area (Å²) in [6.07, 6.45) is 5.61. The van der Waals surface area contributed by atoms with Crippen LogP contribution in [0.15, 0.2) is 16.6 Å². The summed E-state index contributed by atoms with van der Waals surface area (Å²) in [6, 6.07) is 3.51. The number of hydrogen-bond donors (Lipinski definition) is 1. The third kappa shape index (κ3) is 3.58. The van der Waals surface area contributed by atoms with Gasteiger partial charge in [-0.05, 0) is 40.9 Å². The molecule has 0 atom stereocenters. The van der Waals surface area contributed by atoms with Crippen molar-refractivity contribution in [3.63, 3.8) is 0 Å². The predicted octanol–water partition coefficient (Wildman–Crippen LogP) is 3.70. The number of hydrogen-bond acceptors (Lipinski definition) is 4. The van der Waals surface area contributed by atoms with E-state index in [9.17, 15) is 4.79 Å². The van der Waals surface area contributed by atoms with Crippen LogP contribution in [0.2, 0.25) is 0 Å². The van der Waals surface area contributed by atoms with Gasteiger partial charge in [-0.3, -0.25) is 4.79 Å². The van der Waals surface area contributed by atoms with Gasteiger partial charge in [0.25, 0.3) is 0 Å². The second kappa shape index (κ2) is 6.79. The Bertz CT molecular complexity index is 524. The summed E-state index contributed by atoms with van der Waals surface area (Å²) in [5.41, 5.74) is 6.57. The minimum absolute atomic E-state index is 0.0274. The van der Waals surface area contributed by atoms with E-state index in [0.717, 1.165) is 25.7 Å². The molecule has 0 saturated heterocycles. The predicted molar refractivity (Wildman–Crippen MR) is 86.2 cm³/mol. The van der Waals surface area contributed by atoms with Gasteiger partial charge in [0.2, 0.25) is 0 Å². The molecule has 0 amide bonds. The van der Waals surface area contributed by atoms with Crippen LogP contribution in [0.5, 0.6) is 11.5 Å². The number of rotatable bonds is 5. The van der Waals surface area contributed by atoms with Gasteiger partial charge in [0, 0.05) is 12.0 Å². The zero-order chi connectivity index (χ0) is 15.5. The van der Waals surface area contributed by atoms with Crippen molar-refractivity contribution in [3.8, 4) is 11.5 Å². The van der Waals surface area contributed by atoms with Crippen LogP contribution in [0.25, 0.3) is 0 Å². The van der Waals surface area contributed by atoms with E-state index in [0.29, 0.717) is 28.0 Å². The fraction of sp³-hybridized carbons (Fsp3) is 0.562. The molecule has 0 spiro atoms. The monoisotopic (exact) mass is 355 g/mol. The Morgan fingerprint density at radius 3 is 2.48 bits per heavy atom. The fourth-order valence-corrected chi connectivity index (χ4v) is 3.63. The van der Waals surface area contributed by atoms with E-state index in [1.54, 1.807) is 26.4 Å². The number of nitrogens with two attached hydrogens (primary N) is 1. The molecule has 4 nitrogen and oxygen atoms in total. The molecule has 0 aliphatic heterocycles. The normalized spacial score (nSPS) is 17.3. The van der Waals surface area contributed by atoms with E-state index < -0.39 is 0 Å². The van der Waals surface area contributed by atoms with E-state index in [4.69, 9.17) is 15.2 Å². The first kappa shape index (κ1) is 16.3. The van der Waals surface area contributed by atoms with Crippen LogP contribution in [0.1, 0.15) is 48.9 Å². The van der Waals surface area contributed by atoms with Crippen LogP contribution in [0, 0.1) is 0 Å². The molecule has 1 aromatic rings. The smallest absolute Gasteiger partial charge is 0.168 e. The molecule has 2 N–H and O–H groups in total. The number of ketones is 1. The Morgan fingerprint density at radius 1 is 1.24 bits per heavy atom. The number of benzene rings is 1. The summed E-state index contributed by atoms with van der Waals surface area (Å²) < 4.78 is 11.3. The van der Waals surface area contributed by atoms with Crippen molar-refractivity contribution >= 4 is 21.7 Å². The number of ether oxygens (including phenoxy) is 2. The van der Waals surface area contributed by atoms with Crippen molar-refractivity contribution < 1.29 is 14.3 Å². The average molecular weight is 356 g/mol. The summed E-state index contributed by atoms with van der Waals surface area (Å²) in [5.74, 6) is 1.18. The zero-order valence-corrected chi connectivity index (χ0v) is 14.2. The lowest BCUT2D eigenvalue weighted by Crippen LogP contribution is -2.43. The summed E-state index contributed by atoms with van der Waals surface area (Å²) in [4.78, 5) is 12.6. The SMILES string of the molecule is COc1ccc(C(=O)CC2(N)CCCCC2)c(OC)c1Br. The lowest BCUT2D eigenvalue weighted by Gasteiger charge is -2.33. The first-order valence-electron chi connectivity index (χ1n) is 7.23. The number of halogens is 1. The largest absolute Gasteiger partial charge is 0.495 e. The molecular weight excluding hydrogens is 334 g/mol. The maximum atomic E-state index is 12.6. The van der Waals surface area contributed by atoms with Gasteiger partial charge in [0.05, 0.1) is 19.8 Å². The molecule has 2 rings (SSSR count). The van der Waals surface area contributed by atoms with Gasteiger partial charge in [-0.1, -0.05) is 19.3 Å². The van der Waals surface area contributed by atoms with Crippen molar-refractivity contribution in [2.24, 2.45) is 5.73 Å². The van der Waals surface area contributed by atoms with E-state index in [1.807, 2.05) is 0 Å². The van der Waals surface area contributed by atoms with Gasteiger partial charge in [-0.25, -0.2) is 0 Å². The van der Waals surface area contributed by atoms with Crippen LogP contribution in [0.4, 0.5) is 0 Å². The molecule has 0 radical (unpaired) electrons. The van der Waals surface area contributed by atoms with Crippen LogP contribution < -0.4 is 15.2 Å². The fourth-order valence-electron chi connectivity index (χ4n) is 2.96. The molecule has 0 heterocycles. The van der Waals surface area contributed by atoms with Gasteiger partial charge < -0.3 is 15.2 Å². The van der Waals surface area contributed by atoms with Crippen molar-refractivity contribution in [1.29, 1.82) is 0 Å². The second-order valence-corrected chi connectivity index (χ2v) is 6.48. The second-order valence-electron chi connectivity index (χ2n) is 5.69. The number of methoxy groups -OCH3 is 2. The van der Waals surface area contributed by atoms with Crippen LogP contribution >= 0.6 is 15.9 Å². The Labute approximate surface area is 134 Å². The van der Waals surface area contributed by atoms with Gasteiger partial charge in [0.15, 0.2) is 5.78 Å². The maximum Gasteiger partial charge on any atom is 0.168 e. The Kier molecular flexibility index (Phi) is 5.27. The molecule has 1 aliphatic carbocycles. The van der Waals surface area contributed by atoms with Gasteiger partial charge in [0.1, 0.15) is 16.0 Å². The highest BCUT2D eigenvalue weighted by molar-refractivity contribution is 9.10. The average Bonchev–Trinajstić information content (AvgIpc) is 2.47. The van der Waals surface area contributed by atoms with Crippen LogP contribution in [0.3, 0.4) is 0 Å². The highest BCUT2D eigenvalue weighted by atomic mass is 79.9. The van der Waals surface area contributed by atoms with Crippen molar-refractivity contribution in [2.45, 2.75) is 44.1 Å². The molecule has 1 saturated carbocycles. The summed E-state index contributed by atoms with van der Waals surface area (Å²) >= 11 is 3.43. The molecule has 1 aliphatic rings.